The minimum atomic E-state index is 0. The van der Waals surface area contributed by atoms with E-state index in [9.17, 15) is 4.79 Å². The molecule has 2 aromatic carbocycles. The van der Waals surface area contributed by atoms with Crippen molar-refractivity contribution in [3.8, 4) is 5.75 Å². The zero-order valence-corrected chi connectivity index (χ0v) is 23.2. The van der Waals surface area contributed by atoms with Crippen molar-refractivity contribution in [2.45, 2.75) is 45.4 Å². The molecule has 8 heteroatoms. The summed E-state index contributed by atoms with van der Waals surface area (Å²) in [7, 11) is 1.66. The van der Waals surface area contributed by atoms with Crippen molar-refractivity contribution in [1.29, 1.82) is 0 Å². The van der Waals surface area contributed by atoms with Crippen LogP contribution in [0, 0.1) is 13.8 Å². The Morgan fingerprint density at radius 3 is 2.41 bits per heavy atom. The van der Waals surface area contributed by atoms with Crippen molar-refractivity contribution in [1.82, 2.24) is 9.88 Å². The topological polar surface area (TPSA) is 45.7 Å². The lowest BCUT2D eigenvalue weighted by molar-refractivity contribution is -0.118. The number of nitrogens with zero attached hydrogens (tertiary/aromatic N) is 3. The Bertz CT molecular complexity index is 1050. The maximum atomic E-state index is 13.3. The van der Waals surface area contributed by atoms with Gasteiger partial charge in [-0.3, -0.25) is 9.69 Å². The molecule has 186 valence electrons. The minimum Gasteiger partial charge on any atom is -0.494 e. The molecule has 0 atom stereocenters. The van der Waals surface area contributed by atoms with E-state index in [0.717, 1.165) is 58.5 Å². The highest BCUT2D eigenvalue weighted by Crippen LogP contribution is 2.36. The lowest BCUT2D eigenvalue weighted by atomic mass is 10.2. The van der Waals surface area contributed by atoms with Gasteiger partial charge in [0.1, 0.15) is 11.3 Å². The summed E-state index contributed by atoms with van der Waals surface area (Å²) in [5.74, 6) is 1.82. The van der Waals surface area contributed by atoms with E-state index in [1.807, 2.05) is 17.0 Å². The number of halogens is 1. The molecule has 0 saturated carbocycles. The number of benzene rings is 2. The number of hydrogen-bond acceptors (Lipinski definition) is 6. The van der Waals surface area contributed by atoms with Gasteiger partial charge in [0.05, 0.1) is 11.8 Å². The van der Waals surface area contributed by atoms with E-state index in [4.69, 9.17) is 9.72 Å². The number of rotatable bonds is 12. The summed E-state index contributed by atoms with van der Waals surface area (Å²) in [5, 5.41) is 0.765. The molecule has 0 N–H and O–H groups in total. The molecule has 0 aliphatic heterocycles. The first-order chi connectivity index (χ1) is 16.0. The fourth-order valence-corrected chi connectivity index (χ4v) is 5.62. The standard InChI is InChI=1S/C26H35N3O2S2.ClH/c1-6-28(7-2)16-17-29(23(30)9-8-18-32-21-13-10-19(3)11-14-21)26-27-24-22(31-5)15-12-20(4)25(24)33-26;/h10-15H,6-9,16-18H2,1-5H3;1H. The first-order valence-electron chi connectivity index (χ1n) is 11.6. The van der Waals surface area contributed by atoms with Gasteiger partial charge >= 0.3 is 0 Å². The highest BCUT2D eigenvalue weighted by molar-refractivity contribution is 7.99. The third-order valence-corrected chi connectivity index (χ3v) is 8.11. The molecule has 1 heterocycles. The van der Waals surface area contributed by atoms with Crippen LogP contribution >= 0.6 is 35.5 Å². The second-order valence-corrected chi connectivity index (χ2v) is 10.2. The van der Waals surface area contributed by atoms with E-state index in [1.54, 1.807) is 30.2 Å². The number of carbonyl (C=O) groups is 1. The van der Waals surface area contributed by atoms with Crippen LogP contribution in [0.15, 0.2) is 41.3 Å². The summed E-state index contributed by atoms with van der Waals surface area (Å²) in [4.78, 5) is 23.7. The summed E-state index contributed by atoms with van der Waals surface area (Å²) >= 11 is 3.39. The monoisotopic (exact) mass is 521 g/mol. The number of hydrogen-bond donors (Lipinski definition) is 0. The molecule has 1 amide bonds. The van der Waals surface area contributed by atoms with Crippen LogP contribution in [0.3, 0.4) is 0 Å². The third kappa shape index (κ3) is 7.35. The van der Waals surface area contributed by atoms with Crippen LogP contribution in [0.4, 0.5) is 5.13 Å². The van der Waals surface area contributed by atoms with Gasteiger partial charge in [-0.1, -0.05) is 48.9 Å². The summed E-state index contributed by atoms with van der Waals surface area (Å²) in [6, 6.07) is 12.6. The molecule has 0 unspecified atom stereocenters. The quantitative estimate of drug-likeness (QED) is 0.199. The lowest BCUT2D eigenvalue weighted by Gasteiger charge is -2.24. The Balaban J connectivity index is 0.00000408. The number of aromatic nitrogens is 1. The zero-order chi connectivity index (χ0) is 23.8. The lowest BCUT2D eigenvalue weighted by Crippen LogP contribution is -2.38. The molecule has 0 fully saturated rings. The van der Waals surface area contributed by atoms with Crippen molar-refractivity contribution in [3.05, 3.63) is 47.5 Å². The molecular weight excluding hydrogens is 486 g/mol. The Hall–Kier alpha value is -1.80. The van der Waals surface area contributed by atoms with Gasteiger partial charge in [0.15, 0.2) is 5.13 Å². The molecule has 0 saturated heterocycles. The third-order valence-electron chi connectivity index (χ3n) is 5.80. The number of amides is 1. The molecule has 34 heavy (non-hydrogen) atoms. The SMILES string of the molecule is CCN(CC)CCN(C(=O)CCCSc1ccc(C)cc1)c1nc2c(OC)ccc(C)c2s1.Cl. The normalized spacial score (nSPS) is 11.0. The largest absolute Gasteiger partial charge is 0.494 e. The Morgan fingerprint density at radius 1 is 1.06 bits per heavy atom. The molecular formula is C26H36ClN3O2S2. The fraction of sp³-hybridized carbons (Fsp3) is 0.462. The van der Waals surface area contributed by atoms with Gasteiger partial charge in [-0.05, 0) is 62.9 Å². The number of methoxy groups -OCH3 is 1. The van der Waals surface area contributed by atoms with Crippen molar-refractivity contribution in [2.75, 3.05) is 43.9 Å². The molecule has 0 aliphatic carbocycles. The average Bonchev–Trinajstić information content (AvgIpc) is 3.27. The Morgan fingerprint density at radius 2 is 1.76 bits per heavy atom. The molecule has 0 spiro atoms. The highest BCUT2D eigenvalue weighted by Gasteiger charge is 2.22. The predicted molar refractivity (Wildman–Crippen MR) is 149 cm³/mol. The van der Waals surface area contributed by atoms with E-state index in [1.165, 1.54) is 10.5 Å². The van der Waals surface area contributed by atoms with Gasteiger partial charge in [0.2, 0.25) is 5.91 Å². The molecule has 0 radical (unpaired) electrons. The fourth-order valence-electron chi connectivity index (χ4n) is 3.67. The highest BCUT2D eigenvalue weighted by atomic mass is 35.5. The summed E-state index contributed by atoms with van der Waals surface area (Å²) < 4.78 is 6.61. The zero-order valence-electron chi connectivity index (χ0n) is 20.8. The number of anilines is 1. The molecule has 0 bridgehead atoms. The van der Waals surface area contributed by atoms with Crippen LogP contribution in [0.2, 0.25) is 0 Å². The van der Waals surface area contributed by atoms with E-state index in [2.05, 4.69) is 56.9 Å². The number of aryl methyl sites for hydroxylation is 2. The first-order valence-corrected chi connectivity index (χ1v) is 13.4. The van der Waals surface area contributed by atoms with Crippen molar-refractivity contribution < 1.29 is 9.53 Å². The Labute approximate surface area is 218 Å². The van der Waals surface area contributed by atoms with Crippen molar-refractivity contribution in [3.63, 3.8) is 0 Å². The van der Waals surface area contributed by atoms with E-state index < -0.39 is 0 Å². The number of thiazole rings is 1. The van der Waals surface area contributed by atoms with E-state index in [-0.39, 0.29) is 18.3 Å². The summed E-state index contributed by atoms with van der Waals surface area (Å²) in [5.41, 5.74) is 3.26. The van der Waals surface area contributed by atoms with Gasteiger partial charge in [-0.15, -0.1) is 24.2 Å². The maximum absolute atomic E-state index is 13.3. The van der Waals surface area contributed by atoms with Crippen LogP contribution in [-0.4, -0.2) is 54.8 Å². The molecule has 5 nitrogen and oxygen atoms in total. The van der Waals surface area contributed by atoms with Gasteiger partial charge in [0, 0.05) is 24.4 Å². The second-order valence-electron chi connectivity index (χ2n) is 8.10. The predicted octanol–water partition coefficient (Wildman–Crippen LogP) is 6.59. The number of likely N-dealkylation sites (N-methyl/N-ethyl adjacent to an activating group) is 1. The summed E-state index contributed by atoms with van der Waals surface area (Å²) in [6.45, 7) is 11.9. The van der Waals surface area contributed by atoms with Gasteiger partial charge in [-0.25, -0.2) is 4.98 Å². The van der Waals surface area contributed by atoms with Crippen molar-refractivity contribution >= 4 is 56.8 Å². The van der Waals surface area contributed by atoms with Gasteiger partial charge in [0.25, 0.3) is 0 Å². The van der Waals surface area contributed by atoms with Crippen molar-refractivity contribution in [2.24, 2.45) is 0 Å². The second kappa shape index (κ2) is 13.9. The van der Waals surface area contributed by atoms with E-state index >= 15 is 0 Å². The first kappa shape index (κ1) is 28.4. The maximum Gasteiger partial charge on any atom is 0.228 e. The number of ether oxygens (including phenoxy) is 1. The van der Waals surface area contributed by atoms with Crippen LogP contribution in [0.1, 0.15) is 37.8 Å². The van der Waals surface area contributed by atoms with Crippen LogP contribution in [-0.2, 0) is 4.79 Å². The van der Waals surface area contributed by atoms with E-state index in [0.29, 0.717) is 13.0 Å². The van der Waals surface area contributed by atoms with Crippen LogP contribution in [0.25, 0.3) is 10.2 Å². The smallest absolute Gasteiger partial charge is 0.228 e. The number of thioether (sulfide) groups is 1. The average molecular weight is 522 g/mol. The number of fused-ring (bicyclic) bond motifs is 1. The van der Waals surface area contributed by atoms with Crippen LogP contribution in [0.5, 0.6) is 5.75 Å². The molecule has 0 aliphatic rings. The molecule has 3 rings (SSSR count). The molecule has 3 aromatic rings. The Kier molecular flexibility index (Phi) is 11.6. The van der Waals surface area contributed by atoms with Gasteiger partial charge < -0.3 is 9.64 Å². The van der Waals surface area contributed by atoms with Gasteiger partial charge in [-0.2, -0.15) is 0 Å². The minimum absolute atomic E-state index is 0. The molecule has 1 aromatic heterocycles. The summed E-state index contributed by atoms with van der Waals surface area (Å²) in [6.07, 6.45) is 1.36. The van der Waals surface area contributed by atoms with Crippen LogP contribution < -0.4 is 9.64 Å². The number of carbonyl (C=O) groups excluding carboxylic acids is 1.